The summed E-state index contributed by atoms with van der Waals surface area (Å²) in [5.41, 5.74) is 3.75. The smallest absolute Gasteiger partial charge is 0.0776 e. The summed E-state index contributed by atoms with van der Waals surface area (Å²) >= 11 is 0. The first-order chi connectivity index (χ1) is 9.54. The van der Waals surface area contributed by atoms with Crippen molar-refractivity contribution in [3.8, 4) is 0 Å². The van der Waals surface area contributed by atoms with Crippen LogP contribution in [0.4, 0.5) is 0 Å². The molecule has 0 spiro atoms. The Hall–Kier alpha value is -1.41. The van der Waals surface area contributed by atoms with E-state index in [-0.39, 0.29) is 0 Å². The van der Waals surface area contributed by atoms with Gasteiger partial charge in [0.2, 0.25) is 0 Å². The van der Waals surface area contributed by atoms with Crippen molar-refractivity contribution in [1.82, 2.24) is 4.98 Å². The molecule has 1 heterocycles. The summed E-state index contributed by atoms with van der Waals surface area (Å²) in [4.78, 5) is 4.87. The van der Waals surface area contributed by atoms with Gasteiger partial charge in [0, 0.05) is 5.39 Å². The molecule has 1 aromatic heterocycles. The van der Waals surface area contributed by atoms with Crippen LogP contribution < -0.4 is 5.19 Å². The maximum absolute atomic E-state index is 4.87. The van der Waals surface area contributed by atoms with Gasteiger partial charge >= 0.3 is 0 Å². The molecule has 0 amide bonds. The van der Waals surface area contributed by atoms with Gasteiger partial charge in [0.25, 0.3) is 0 Å². The Kier molecular flexibility index (Phi) is 3.51. The highest BCUT2D eigenvalue weighted by atomic mass is 28.3. The first-order valence-electron chi connectivity index (χ1n) is 7.65. The van der Waals surface area contributed by atoms with Gasteiger partial charge in [0.1, 0.15) is 0 Å². The van der Waals surface area contributed by atoms with Gasteiger partial charge in [-0.05, 0) is 43.4 Å². The van der Waals surface area contributed by atoms with Crippen LogP contribution >= 0.6 is 0 Å². The Bertz CT molecular complexity index is 665. The molecular formula is C18H23NSi. The number of aromatic nitrogens is 1. The van der Waals surface area contributed by atoms with Crippen molar-refractivity contribution in [2.75, 3.05) is 0 Å². The SMILES string of the molecule is C[Si](C)(C)c1ccc2nc(C3=CCCCC3)ccc2c1. The molecule has 0 fully saturated rings. The topological polar surface area (TPSA) is 12.9 Å². The number of allylic oxidation sites excluding steroid dienone is 2. The van der Waals surface area contributed by atoms with Crippen molar-refractivity contribution in [3.63, 3.8) is 0 Å². The monoisotopic (exact) mass is 281 g/mol. The summed E-state index contributed by atoms with van der Waals surface area (Å²) in [5, 5.41) is 2.79. The van der Waals surface area contributed by atoms with E-state index in [2.05, 4.69) is 56.0 Å². The lowest BCUT2D eigenvalue weighted by Crippen LogP contribution is -2.37. The van der Waals surface area contributed by atoms with Crippen LogP contribution in [0.2, 0.25) is 19.6 Å². The second-order valence-corrected chi connectivity index (χ2v) is 11.9. The van der Waals surface area contributed by atoms with Crippen molar-refractivity contribution in [2.45, 2.75) is 45.3 Å². The fourth-order valence-corrected chi connectivity index (χ4v) is 4.01. The maximum atomic E-state index is 4.87. The van der Waals surface area contributed by atoms with Crippen molar-refractivity contribution in [2.24, 2.45) is 0 Å². The third-order valence-corrected chi connectivity index (χ3v) is 6.22. The summed E-state index contributed by atoms with van der Waals surface area (Å²) in [6.07, 6.45) is 7.40. The molecule has 0 unspecified atom stereocenters. The van der Waals surface area contributed by atoms with Crippen LogP contribution in [0.25, 0.3) is 16.5 Å². The quantitative estimate of drug-likeness (QED) is 0.725. The van der Waals surface area contributed by atoms with Crippen LogP contribution in [0.5, 0.6) is 0 Å². The number of rotatable bonds is 2. The van der Waals surface area contributed by atoms with E-state index in [1.54, 1.807) is 0 Å². The van der Waals surface area contributed by atoms with Gasteiger partial charge in [0.05, 0.1) is 19.3 Å². The van der Waals surface area contributed by atoms with Gasteiger partial charge in [-0.25, -0.2) is 4.98 Å². The number of nitrogens with zero attached hydrogens (tertiary/aromatic N) is 1. The Labute approximate surface area is 122 Å². The zero-order chi connectivity index (χ0) is 14.2. The zero-order valence-corrected chi connectivity index (χ0v) is 13.7. The van der Waals surface area contributed by atoms with E-state index in [1.807, 2.05) is 0 Å². The number of hydrogen-bond donors (Lipinski definition) is 0. The molecule has 104 valence electrons. The van der Waals surface area contributed by atoms with E-state index in [0.29, 0.717) is 0 Å². The lowest BCUT2D eigenvalue weighted by Gasteiger charge is -2.17. The molecular weight excluding hydrogens is 258 g/mol. The molecule has 0 atom stereocenters. The van der Waals surface area contributed by atoms with Crippen molar-refractivity contribution in [3.05, 3.63) is 42.1 Å². The van der Waals surface area contributed by atoms with Gasteiger partial charge in [-0.2, -0.15) is 0 Å². The second kappa shape index (κ2) is 5.17. The maximum Gasteiger partial charge on any atom is 0.0776 e. The molecule has 1 aromatic carbocycles. The predicted octanol–water partition coefficient (Wildman–Crippen LogP) is 4.74. The zero-order valence-electron chi connectivity index (χ0n) is 12.7. The molecule has 1 aliphatic carbocycles. The molecule has 2 heteroatoms. The summed E-state index contributed by atoms with van der Waals surface area (Å²) in [5.74, 6) is 0. The lowest BCUT2D eigenvalue weighted by atomic mass is 9.96. The van der Waals surface area contributed by atoms with Gasteiger partial charge < -0.3 is 0 Å². The van der Waals surface area contributed by atoms with E-state index >= 15 is 0 Å². The Morgan fingerprint density at radius 1 is 1.00 bits per heavy atom. The van der Waals surface area contributed by atoms with Crippen LogP contribution in [-0.4, -0.2) is 13.1 Å². The summed E-state index contributed by atoms with van der Waals surface area (Å²) in [7, 11) is -1.24. The molecule has 1 nitrogen and oxygen atoms in total. The molecule has 2 aromatic rings. The average molecular weight is 281 g/mol. The van der Waals surface area contributed by atoms with Crippen molar-refractivity contribution >= 4 is 29.7 Å². The average Bonchev–Trinajstić information content (AvgIpc) is 2.46. The second-order valence-electron chi connectivity index (χ2n) is 6.83. The number of hydrogen-bond acceptors (Lipinski definition) is 1. The van der Waals surface area contributed by atoms with Crippen LogP contribution in [-0.2, 0) is 0 Å². The van der Waals surface area contributed by atoms with Gasteiger partial charge in [-0.1, -0.05) is 49.1 Å². The number of pyridine rings is 1. The summed E-state index contributed by atoms with van der Waals surface area (Å²) in [6, 6.07) is 11.3. The highest BCUT2D eigenvalue weighted by Gasteiger charge is 2.16. The fraction of sp³-hybridized carbons (Fsp3) is 0.389. The van der Waals surface area contributed by atoms with E-state index in [9.17, 15) is 0 Å². The molecule has 0 saturated heterocycles. The van der Waals surface area contributed by atoms with Crippen LogP contribution in [0.3, 0.4) is 0 Å². The molecule has 0 aliphatic heterocycles. The molecule has 0 radical (unpaired) electrons. The summed E-state index contributed by atoms with van der Waals surface area (Å²) in [6.45, 7) is 7.18. The Morgan fingerprint density at radius 2 is 1.85 bits per heavy atom. The minimum Gasteiger partial charge on any atom is -0.248 e. The minimum absolute atomic E-state index is 1.14. The standard InChI is InChI=1S/C18H23NSi/c1-20(2,3)16-10-12-18-15(13-16)9-11-17(19-18)14-7-5-4-6-8-14/h7,9-13H,4-6,8H2,1-3H3. The molecule has 0 saturated carbocycles. The van der Waals surface area contributed by atoms with E-state index < -0.39 is 8.07 Å². The molecule has 0 bridgehead atoms. The van der Waals surface area contributed by atoms with E-state index in [1.165, 1.54) is 47.5 Å². The third kappa shape index (κ3) is 2.71. The van der Waals surface area contributed by atoms with Crippen molar-refractivity contribution < 1.29 is 0 Å². The molecule has 3 rings (SSSR count). The highest BCUT2D eigenvalue weighted by Crippen LogP contribution is 2.26. The first kappa shape index (κ1) is 13.6. The summed E-state index contributed by atoms with van der Waals surface area (Å²) < 4.78 is 0. The van der Waals surface area contributed by atoms with Crippen LogP contribution in [0.1, 0.15) is 31.4 Å². The van der Waals surface area contributed by atoms with E-state index in [4.69, 9.17) is 4.98 Å². The first-order valence-corrected chi connectivity index (χ1v) is 11.1. The largest absolute Gasteiger partial charge is 0.248 e. The third-order valence-electron chi connectivity index (χ3n) is 4.18. The highest BCUT2D eigenvalue weighted by molar-refractivity contribution is 6.88. The fourth-order valence-electron chi connectivity index (χ4n) is 2.84. The van der Waals surface area contributed by atoms with Crippen molar-refractivity contribution in [1.29, 1.82) is 0 Å². The number of fused-ring (bicyclic) bond motifs is 1. The van der Waals surface area contributed by atoms with Crippen LogP contribution in [0.15, 0.2) is 36.4 Å². The Morgan fingerprint density at radius 3 is 2.55 bits per heavy atom. The normalized spacial score (nSPS) is 16.2. The van der Waals surface area contributed by atoms with Crippen LogP contribution in [0, 0.1) is 0 Å². The minimum atomic E-state index is -1.24. The van der Waals surface area contributed by atoms with Gasteiger partial charge in [-0.3, -0.25) is 0 Å². The van der Waals surface area contributed by atoms with E-state index in [0.717, 1.165) is 5.52 Å². The van der Waals surface area contributed by atoms with Gasteiger partial charge in [0.15, 0.2) is 0 Å². The van der Waals surface area contributed by atoms with Gasteiger partial charge in [-0.15, -0.1) is 0 Å². The molecule has 1 aliphatic rings. The number of benzene rings is 1. The molecule has 20 heavy (non-hydrogen) atoms. The lowest BCUT2D eigenvalue weighted by molar-refractivity contribution is 0.740. The molecule has 0 N–H and O–H groups in total. The Balaban J connectivity index is 2.02. The predicted molar refractivity (Wildman–Crippen MR) is 91.2 cm³/mol.